The molecule has 2 aliphatic rings. The number of carboxylic acids is 1. The van der Waals surface area contributed by atoms with Gasteiger partial charge in [-0.05, 0) is 44.1 Å². The monoisotopic (exact) mass is 551 g/mol. The zero-order valence-corrected chi connectivity index (χ0v) is 22.4. The molecule has 2 atom stereocenters. The molecular formula is C30H26FN7O3. The molecule has 2 fully saturated rings. The van der Waals surface area contributed by atoms with E-state index in [1.807, 2.05) is 6.07 Å². The molecule has 0 bridgehead atoms. The highest BCUT2D eigenvalue weighted by molar-refractivity contribution is 6.19. The Morgan fingerprint density at radius 2 is 2.05 bits per heavy atom. The van der Waals surface area contributed by atoms with Crippen LogP contribution in [0, 0.1) is 23.1 Å². The van der Waals surface area contributed by atoms with Gasteiger partial charge in [0.1, 0.15) is 23.1 Å². The topological polar surface area (TPSA) is 130 Å². The van der Waals surface area contributed by atoms with Crippen molar-refractivity contribution in [2.45, 2.75) is 12.5 Å². The Kier molecular flexibility index (Phi) is 5.52. The van der Waals surface area contributed by atoms with E-state index in [-0.39, 0.29) is 11.1 Å². The summed E-state index contributed by atoms with van der Waals surface area (Å²) in [6, 6.07) is 10.3. The number of rotatable bonds is 4. The van der Waals surface area contributed by atoms with Gasteiger partial charge in [0.2, 0.25) is 0 Å². The van der Waals surface area contributed by atoms with Crippen LogP contribution in [0.25, 0.3) is 38.6 Å². The number of carboxylic acid groups (broad SMARTS) is 1. The first-order chi connectivity index (χ1) is 19.8. The molecule has 0 spiro atoms. The molecule has 41 heavy (non-hydrogen) atoms. The summed E-state index contributed by atoms with van der Waals surface area (Å²) in [5.74, 6) is -1.46. The van der Waals surface area contributed by atoms with Crippen molar-refractivity contribution in [3.8, 4) is 17.2 Å². The van der Waals surface area contributed by atoms with Gasteiger partial charge in [0, 0.05) is 66.7 Å². The zero-order chi connectivity index (χ0) is 28.6. The Bertz CT molecular complexity index is 2030. The predicted molar refractivity (Wildman–Crippen MR) is 154 cm³/mol. The first kappa shape index (κ1) is 25.0. The summed E-state index contributed by atoms with van der Waals surface area (Å²) < 4.78 is 16.6. The molecule has 4 aromatic heterocycles. The molecule has 206 valence electrons. The number of aromatic carboxylic acids is 1. The highest BCUT2D eigenvalue weighted by atomic mass is 19.1. The fourth-order valence-electron chi connectivity index (χ4n) is 6.70. The number of nitrogens with one attached hydrogen (secondary N) is 2. The normalized spacial score (nSPS) is 18.8. The molecule has 11 heteroatoms. The SMILES string of the molecule is CNc1cc(F)c(C#N)c2c1[nH]c1ncc(-c3ccc4ccc(C(=O)O)c(=O)n4c3)c(N3CC4[C@H](CCN4C)C3)c12. The van der Waals surface area contributed by atoms with Crippen LogP contribution < -0.4 is 15.8 Å². The molecule has 0 saturated carbocycles. The number of nitriles is 1. The first-order valence-electron chi connectivity index (χ1n) is 13.4. The molecule has 7 rings (SSSR count). The molecule has 6 heterocycles. The van der Waals surface area contributed by atoms with Crippen LogP contribution in [0.2, 0.25) is 0 Å². The summed E-state index contributed by atoms with van der Waals surface area (Å²) in [4.78, 5) is 37.4. The lowest BCUT2D eigenvalue weighted by Gasteiger charge is -2.26. The average molecular weight is 552 g/mol. The van der Waals surface area contributed by atoms with Gasteiger partial charge >= 0.3 is 5.97 Å². The van der Waals surface area contributed by atoms with Crippen molar-refractivity contribution in [3.05, 3.63) is 70.0 Å². The Balaban J connectivity index is 1.56. The zero-order valence-electron chi connectivity index (χ0n) is 22.4. The Morgan fingerprint density at radius 3 is 2.78 bits per heavy atom. The van der Waals surface area contributed by atoms with E-state index < -0.39 is 17.3 Å². The highest BCUT2D eigenvalue weighted by Crippen LogP contribution is 2.46. The predicted octanol–water partition coefficient (Wildman–Crippen LogP) is 3.89. The van der Waals surface area contributed by atoms with Crippen LogP contribution in [0.1, 0.15) is 22.3 Å². The number of benzene rings is 1. The second kappa shape index (κ2) is 9.04. The van der Waals surface area contributed by atoms with Crippen molar-refractivity contribution in [2.75, 3.05) is 43.9 Å². The lowest BCUT2D eigenvalue weighted by Crippen LogP contribution is -2.32. The summed E-state index contributed by atoms with van der Waals surface area (Å²) in [6.45, 7) is 2.55. The van der Waals surface area contributed by atoms with E-state index in [1.54, 1.807) is 31.6 Å². The third-order valence-electron chi connectivity index (χ3n) is 8.74. The van der Waals surface area contributed by atoms with Gasteiger partial charge in [-0.1, -0.05) is 6.07 Å². The van der Waals surface area contributed by atoms with Gasteiger partial charge in [-0.2, -0.15) is 5.26 Å². The van der Waals surface area contributed by atoms with Crippen LogP contribution in [-0.4, -0.2) is 70.1 Å². The molecular weight excluding hydrogens is 525 g/mol. The number of pyridine rings is 3. The van der Waals surface area contributed by atoms with E-state index >= 15 is 4.39 Å². The number of aromatic amines is 1. The number of nitrogens with zero attached hydrogens (tertiary/aromatic N) is 5. The molecule has 1 aromatic carbocycles. The summed E-state index contributed by atoms with van der Waals surface area (Å²) in [5.41, 5.74) is 3.30. The number of hydrogen-bond acceptors (Lipinski definition) is 7. The summed E-state index contributed by atoms with van der Waals surface area (Å²) in [6.07, 6.45) is 4.42. The lowest BCUT2D eigenvalue weighted by atomic mass is 9.99. The van der Waals surface area contributed by atoms with Crippen molar-refractivity contribution in [1.29, 1.82) is 5.26 Å². The number of aromatic nitrogens is 3. The molecule has 0 amide bonds. The summed E-state index contributed by atoms with van der Waals surface area (Å²) in [5, 5.41) is 23.7. The van der Waals surface area contributed by atoms with Crippen molar-refractivity contribution in [2.24, 2.45) is 5.92 Å². The second-order valence-corrected chi connectivity index (χ2v) is 10.8. The van der Waals surface area contributed by atoms with Crippen LogP contribution in [-0.2, 0) is 0 Å². The van der Waals surface area contributed by atoms with Gasteiger partial charge < -0.3 is 25.2 Å². The van der Waals surface area contributed by atoms with Crippen molar-refractivity contribution >= 4 is 44.8 Å². The van der Waals surface area contributed by atoms with Gasteiger partial charge in [0.05, 0.1) is 27.8 Å². The maximum Gasteiger partial charge on any atom is 0.341 e. The van der Waals surface area contributed by atoms with Gasteiger partial charge in [-0.15, -0.1) is 0 Å². The standard InChI is InChI=1S/C30H26FN7O3/c1-33-22-9-21(31)19(10-32)24-25-27(37-12-16-7-8-36(2)23(16)14-37)20(11-34-28(25)35-26(22)24)15-3-4-17-5-6-18(30(40)41)29(39)38(17)13-15/h3-6,9,11,13,16,23,33H,7-8,12,14H2,1-2H3,(H,34,35)(H,40,41)/t16-,23?/m1/s1. The quantitative estimate of drug-likeness (QED) is 0.307. The molecule has 1 unspecified atom stereocenters. The van der Waals surface area contributed by atoms with Crippen LogP contribution in [0.5, 0.6) is 0 Å². The minimum absolute atomic E-state index is 0.0669. The molecule has 10 nitrogen and oxygen atoms in total. The molecule has 2 aliphatic heterocycles. The molecule has 0 aliphatic carbocycles. The number of halogens is 1. The van der Waals surface area contributed by atoms with Crippen LogP contribution in [0.4, 0.5) is 15.8 Å². The molecule has 0 radical (unpaired) electrons. The highest BCUT2D eigenvalue weighted by Gasteiger charge is 2.41. The Hall–Kier alpha value is -4.95. The summed E-state index contributed by atoms with van der Waals surface area (Å²) in [7, 11) is 3.82. The number of anilines is 2. The maximum absolute atomic E-state index is 15.3. The van der Waals surface area contributed by atoms with E-state index in [0.717, 1.165) is 31.7 Å². The van der Waals surface area contributed by atoms with Crippen LogP contribution >= 0.6 is 0 Å². The molecule has 3 N–H and O–H groups in total. The van der Waals surface area contributed by atoms with Crippen molar-refractivity contribution in [3.63, 3.8) is 0 Å². The van der Waals surface area contributed by atoms with E-state index in [1.165, 1.54) is 16.5 Å². The maximum atomic E-state index is 15.3. The van der Waals surface area contributed by atoms with Gasteiger partial charge in [0.15, 0.2) is 0 Å². The van der Waals surface area contributed by atoms with Crippen molar-refractivity contribution < 1.29 is 14.3 Å². The third kappa shape index (κ3) is 3.61. The third-order valence-corrected chi connectivity index (χ3v) is 8.74. The van der Waals surface area contributed by atoms with Crippen LogP contribution in [0.3, 0.4) is 0 Å². The number of fused-ring (bicyclic) bond motifs is 5. The van der Waals surface area contributed by atoms with E-state index in [4.69, 9.17) is 4.98 Å². The summed E-state index contributed by atoms with van der Waals surface area (Å²) >= 11 is 0. The number of carbonyl (C=O) groups is 1. The minimum Gasteiger partial charge on any atom is -0.477 e. The molecule has 2 saturated heterocycles. The number of likely N-dealkylation sites (tertiary alicyclic amines) is 1. The number of hydrogen-bond donors (Lipinski definition) is 3. The first-order valence-corrected chi connectivity index (χ1v) is 13.4. The van der Waals surface area contributed by atoms with Gasteiger partial charge in [-0.25, -0.2) is 14.2 Å². The Morgan fingerprint density at radius 1 is 1.24 bits per heavy atom. The van der Waals surface area contributed by atoms with E-state index in [2.05, 4.69) is 33.2 Å². The van der Waals surface area contributed by atoms with Gasteiger partial charge in [-0.3, -0.25) is 9.20 Å². The Labute approximate surface area is 233 Å². The fraction of sp³-hybridized carbons (Fsp3) is 0.267. The van der Waals surface area contributed by atoms with E-state index in [9.17, 15) is 20.0 Å². The smallest absolute Gasteiger partial charge is 0.341 e. The minimum atomic E-state index is -1.29. The molecule has 5 aromatic rings. The average Bonchev–Trinajstić information content (AvgIpc) is 3.66. The second-order valence-electron chi connectivity index (χ2n) is 10.8. The van der Waals surface area contributed by atoms with E-state index in [0.29, 0.717) is 56.2 Å². The number of H-pyrrole nitrogens is 1. The number of likely N-dealkylation sites (N-methyl/N-ethyl adjacent to an activating group) is 1. The van der Waals surface area contributed by atoms with Crippen molar-refractivity contribution in [1.82, 2.24) is 19.3 Å². The largest absolute Gasteiger partial charge is 0.477 e. The fourth-order valence-corrected chi connectivity index (χ4v) is 6.70. The van der Waals surface area contributed by atoms with Crippen LogP contribution in [0.15, 0.2) is 47.5 Å². The lowest BCUT2D eigenvalue weighted by molar-refractivity contribution is 0.0694. The van der Waals surface area contributed by atoms with Gasteiger partial charge in [0.25, 0.3) is 5.56 Å².